The van der Waals surface area contributed by atoms with Crippen molar-refractivity contribution in [2.24, 2.45) is 5.92 Å². The van der Waals surface area contributed by atoms with Crippen LogP contribution in [0.25, 0.3) is 22.4 Å². The molecule has 2 fully saturated rings. The van der Waals surface area contributed by atoms with E-state index < -0.39 is 0 Å². The van der Waals surface area contributed by atoms with Crippen molar-refractivity contribution in [2.75, 3.05) is 18.4 Å². The largest absolute Gasteiger partial charge is 0.326 e. The van der Waals surface area contributed by atoms with Gasteiger partial charge in [0.05, 0.1) is 5.69 Å². The molecule has 1 aliphatic carbocycles. The Balaban J connectivity index is 1.17. The second-order valence-corrected chi connectivity index (χ2v) is 10.9. The minimum atomic E-state index is -0.307. The molecular formula is C30H30ClN5O3. The first-order valence-corrected chi connectivity index (χ1v) is 13.8. The zero-order chi connectivity index (χ0) is 26.9. The monoisotopic (exact) mass is 543 g/mol. The van der Waals surface area contributed by atoms with Crippen LogP contribution in [0, 0.1) is 5.92 Å². The van der Waals surface area contributed by atoms with Gasteiger partial charge in [-0.3, -0.25) is 9.36 Å². The van der Waals surface area contributed by atoms with Crippen molar-refractivity contribution < 1.29 is 4.79 Å². The van der Waals surface area contributed by atoms with E-state index in [2.05, 4.69) is 10.3 Å². The highest BCUT2D eigenvalue weighted by atomic mass is 35.5. The summed E-state index contributed by atoms with van der Waals surface area (Å²) in [5.41, 5.74) is 3.35. The van der Waals surface area contributed by atoms with Gasteiger partial charge < -0.3 is 19.8 Å². The Bertz CT molecular complexity index is 1610. The third kappa shape index (κ3) is 5.56. The van der Waals surface area contributed by atoms with Crippen LogP contribution in [0.15, 0.2) is 82.6 Å². The number of amides is 2. The second kappa shape index (κ2) is 10.6. The molecule has 9 heteroatoms. The highest BCUT2D eigenvalue weighted by Gasteiger charge is 2.27. The van der Waals surface area contributed by atoms with E-state index in [9.17, 15) is 14.4 Å². The summed E-state index contributed by atoms with van der Waals surface area (Å²) < 4.78 is 3.45. The summed E-state index contributed by atoms with van der Waals surface area (Å²) in [6.45, 7) is 1.61. The summed E-state index contributed by atoms with van der Waals surface area (Å²) in [5.74, 6) is 0.499. The molecule has 4 aromatic rings. The molecule has 0 radical (unpaired) electrons. The summed E-state index contributed by atoms with van der Waals surface area (Å²) >= 11 is 6.22. The minimum Gasteiger partial charge on any atom is -0.324 e. The van der Waals surface area contributed by atoms with Gasteiger partial charge in [-0.05, 0) is 60.9 Å². The number of carbonyl (C=O) groups excluding carboxylic acids is 1. The summed E-state index contributed by atoms with van der Waals surface area (Å²) in [5, 5.41) is 3.49. The number of hydrogen-bond acceptors (Lipinski definition) is 3. The summed E-state index contributed by atoms with van der Waals surface area (Å²) in [4.78, 5) is 43.8. The Hall–Kier alpha value is -4.04. The van der Waals surface area contributed by atoms with Crippen LogP contribution in [-0.4, -0.2) is 38.1 Å². The minimum absolute atomic E-state index is 0.00260. The van der Waals surface area contributed by atoms with Gasteiger partial charge in [-0.25, -0.2) is 9.59 Å². The van der Waals surface area contributed by atoms with Crippen LogP contribution in [0.4, 0.5) is 10.5 Å². The number of urea groups is 1. The zero-order valence-electron chi connectivity index (χ0n) is 21.5. The van der Waals surface area contributed by atoms with Gasteiger partial charge in [0, 0.05) is 48.7 Å². The fourth-order valence-corrected chi connectivity index (χ4v) is 5.44. The van der Waals surface area contributed by atoms with Gasteiger partial charge in [0.25, 0.3) is 5.56 Å². The van der Waals surface area contributed by atoms with E-state index >= 15 is 0 Å². The second-order valence-electron chi connectivity index (χ2n) is 10.4. The number of H-pyrrole nitrogens is 1. The lowest BCUT2D eigenvalue weighted by atomic mass is 10.1. The first kappa shape index (κ1) is 25.2. The molecule has 2 aliphatic rings. The maximum absolute atomic E-state index is 13.3. The average Bonchev–Trinajstić information content (AvgIpc) is 3.69. The fourth-order valence-electron chi connectivity index (χ4n) is 5.25. The molecule has 6 rings (SSSR count). The Morgan fingerprint density at radius 2 is 1.64 bits per heavy atom. The third-order valence-electron chi connectivity index (χ3n) is 7.61. The molecule has 1 aliphatic heterocycles. The van der Waals surface area contributed by atoms with E-state index in [-0.39, 0.29) is 29.0 Å². The van der Waals surface area contributed by atoms with Crippen molar-refractivity contribution in [1.82, 2.24) is 19.0 Å². The molecule has 1 saturated carbocycles. The Morgan fingerprint density at radius 1 is 0.897 bits per heavy atom. The lowest BCUT2D eigenvalue weighted by molar-refractivity contribution is 0.183. The Morgan fingerprint density at radius 3 is 2.36 bits per heavy atom. The number of hydrogen-bond donors (Lipinski definition) is 2. The summed E-state index contributed by atoms with van der Waals surface area (Å²) in [7, 11) is 0. The standard InChI is InChI=1S/C30H30ClN5O3/c31-24-8-4-7-22(15-24)23-16-26(28(37)35(18-23)17-20-9-10-20)32-29(38)34-13-11-25(12-14-34)36-19-27(33-30(36)39)21-5-2-1-3-6-21/h1-8,15-16,18-20,25H,9-14,17H2,(H,32,38)(H,33,39). The molecule has 2 amide bonds. The number of nitrogens with zero attached hydrogens (tertiary/aromatic N) is 3. The van der Waals surface area contributed by atoms with Crippen molar-refractivity contribution in [3.05, 3.63) is 98.9 Å². The number of aromatic nitrogens is 3. The van der Waals surface area contributed by atoms with E-state index in [1.807, 2.05) is 67.0 Å². The molecule has 39 heavy (non-hydrogen) atoms. The number of piperidine rings is 1. The molecule has 2 N–H and O–H groups in total. The van der Waals surface area contributed by atoms with E-state index in [4.69, 9.17) is 11.6 Å². The molecule has 200 valence electrons. The number of benzene rings is 2. The number of imidazole rings is 1. The number of halogens is 1. The topological polar surface area (TPSA) is 92.1 Å². The molecule has 8 nitrogen and oxygen atoms in total. The third-order valence-corrected chi connectivity index (χ3v) is 7.85. The number of carbonyl (C=O) groups is 1. The SMILES string of the molecule is O=C(Nc1cc(-c2cccc(Cl)c2)cn(CC2CC2)c1=O)N1CCC(n2cc(-c3ccccc3)[nH]c2=O)CC1. The summed E-state index contributed by atoms with van der Waals surface area (Å²) in [6, 6.07) is 18.6. The zero-order valence-corrected chi connectivity index (χ0v) is 22.2. The van der Waals surface area contributed by atoms with Gasteiger partial charge in [-0.2, -0.15) is 0 Å². The number of rotatable bonds is 6. The van der Waals surface area contributed by atoms with E-state index in [0.29, 0.717) is 43.4 Å². The van der Waals surface area contributed by atoms with Crippen LogP contribution >= 0.6 is 11.6 Å². The van der Waals surface area contributed by atoms with Gasteiger partial charge in [0.2, 0.25) is 0 Å². The van der Waals surface area contributed by atoms with Crippen molar-refractivity contribution in [3.8, 4) is 22.4 Å². The predicted molar refractivity (Wildman–Crippen MR) is 153 cm³/mol. The number of anilines is 1. The fraction of sp³-hybridized carbons (Fsp3) is 0.300. The van der Waals surface area contributed by atoms with E-state index in [1.54, 1.807) is 20.1 Å². The molecule has 2 aromatic carbocycles. The molecule has 3 heterocycles. The lowest BCUT2D eigenvalue weighted by Crippen LogP contribution is -2.43. The van der Waals surface area contributed by atoms with Crippen molar-refractivity contribution in [1.29, 1.82) is 0 Å². The predicted octanol–water partition coefficient (Wildman–Crippen LogP) is 5.60. The van der Waals surface area contributed by atoms with Gasteiger partial charge in [-0.15, -0.1) is 0 Å². The van der Waals surface area contributed by atoms with Crippen molar-refractivity contribution >= 4 is 23.3 Å². The van der Waals surface area contributed by atoms with E-state index in [1.165, 1.54) is 0 Å². The van der Waals surface area contributed by atoms with Crippen LogP contribution in [0.5, 0.6) is 0 Å². The normalized spacial score (nSPS) is 15.9. The highest BCUT2D eigenvalue weighted by molar-refractivity contribution is 6.30. The molecule has 2 aromatic heterocycles. The molecule has 0 spiro atoms. The number of pyridine rings is 1. The Kier molecular flexibility index (Phi) is 6.87. The lowest BCUT2D eigenvalue weighted by Gasteiger charge is -2.32. The van der Waals surface area contributed by atoms with E-state index in [0.717, 1.165) is 35.2 Å². The number of aromatic amines is 1. The maximum Gasteiger partial charge on any atom is 0.326 e. The molecule has 1 saturated heterocycles. The Labute approximate surface area is 230 Å². The van der Waals surface area contributed by atoms with Crippen LogP contribution in [0.1, 0.15) is 31.7 Å². The first-order valence-electron chi connectivity index (χ1n) is 13.4. The van der Waals surface area contributed by atoms with Crippen LogP contribution in [0.3, 0.4) is 0 Å². The van der Waals surface area contributed by atoms with Crippen molar-refractivity contribution in [3.63, 3.8) is 0 Å². The molecular weight excluding hydrogens is 514 g/mol. The number of nitrogens with one attached hydrogen (secondary N) is 2. The first-order chi connectivity index (χ1) is 18.9. The highest BCUT2D eigenvalue weighted by Crippen LogP contribution is 2.31. The maximum atomic E-state index is 13.3. The smallest absolute Gasteiger partial charge is 0.324 e. The molecule has 0 unspecified atom stereocenters. The van der Waals surface area contributed by atoms with Gasteiger partial charge in [-0.1, -0.05) is 54.1 Å². The molecule has 0 atom stereocenters. The number of likely N-dealkylation sites (tertiary alicyclic amines) is 1. The van der Waals surface area contributed by atoms with Gasteiger partial charge in [0.15, 0.2) is 0 Å². The quantitative estimate of drug-likeness (QED) is 0.331. The van der Waals surface area contributed by atoms with Gasteiger partial charge in [0.1, 0.15) is 5.69 Å². The van der Waals surface area contributed by atoms with Gasteiger partial charge >= 0.3 is 11.7 Å². The van der Waals surface area contributed by atoms with Crippen LogP contribution in [0.2, 0.25) is 5.02 Å². The molecule has 0 bridgehead atoms. The average molecular weight is 544 g/mol. The van der Waals surface area contributed by atoms with Crippen LogP contribution < -0.4 is 16.6 Å². The van der Waals surface area contributed by atoms with Crippen molar-refractivity contribution in [2.45, 2.75) is 38.3 Å². The summed E-state index contributed by atoms with van der Waals surface area (Å²) in [6.07, 6.45) is 7.23. The van der Waals surface area contributed by atoms with Crippen LogP contribution in [-0.2, 0) is 6.54 Å².